The second kappa shape index (κ2) is 47.5. The third-order valence-electron chi connectivity index (χ3n) is 8.85. The number of nitrogens with zero attached hydrogens (tertiary/aromatic N) is 2. The number of benzene rings is 4. The van der Waals surface area contributed by atoms with E-state index in [1.807, 2.05) is 18.2 Å². The van der Waals surface area contributed by atoms with Crippen molar-refractivity contribution < 1.29 is 116 Å². The Morgan fingerprint density at radius 2 is 0.750 bits per heavy atom. The van der Waals surface area contributed by atoms with Crippen molar-refractivity contribution in [2.75, 3.05) is 13.1 Å². The van der Waals surface area contributed by atoms with Gasteiger partial charge in [0.2, 0.25) is 28.4 Å². The standard InChI is InChI=1S/C14H15Br2NO3Si.C11H7Br2NO3.C10H12Br2O2Si.C7H4Br2O2.2C4H7NO3.2C4H6O3.FH.H2O/c1-8-17-12(14(18)19-8)6-9-5-10(15)7-11(16)13(9)20-21(2,3)4;1-5-14-9(11(16)17-5)3-6-2-7(12)4-8(13)10(6)15;1-15(2,3)14-10-7(6-13)4-8(11)5-9(10)12;8-5-1-4(3-10)7(11)6(9)2-5;2*1-3(6)5-2-4(7)8;2*1-3(5)7-4(2)6;;/h5-7H,1-4H3;2-4,15H,1H3;4-6H,1-3H3;1-3,11H;2*2H2,1H3,(H,5,6)(H,7,8);2*1-2H3;1H;1H2/p-1/b12-6-;9-3-;;;;;;;;. The lowest BCUT2D eigenvalue weighted by molar-refractivity contribution is -0.158. The second-order valence-corrected chi connectivity index (χ2v) is 35.7. The molecule has 27 nitrogen and oxygen atoms in total. The molecule has 0 aromatic heterocycles. The fourth-order valence-electron chi connectivity index (χ4n) is 5.69. The summed E-state index contributed by atoms with van der Waals surface area (Å²) in [5.41, 5.74) is 2.55. The molecule has 8 N–H and O–H groups in total. The van der Waals surface area contributed by atoms with Crippen LogP contribution in [0.3, 0.4) is 0 Å². The van der Waals surface area contributed by atoms with E-state index in [0.717, 1.165) is 44.4 Å². The number of phenolic OH excluding ortho intramolecular Hbond substituents is 2. The van der Waals surface area contributed by atoms with Gasteiger partial charge in [-0.25, -0.2) is 19.6 Å². The highest BCUT2D eigenvalue weighted by atomic mass is 79.9. The number of ether oxygens (including phenoxy) is 4. The number of rotatable bonds is 12. The number of aromatic hydroxyl groups is 2. The van der Waals surface area contributed by atoms with E-state index >= 15 is 0 Å². The predicted molar refractivity (Wildman–Crippen MR) is 385 cm³/mol. The molecule has 0 aliphatic carbocycles. The summed E-state index contributed by atoms with van der Waals surface area (Å²) in [4.78, 5) is 131. The maximum atomic E-state index is 11.7. The van der Waals surface area contributed by atoms with Gasteiger partial charge in [-0.3, -0.25) is 47.9 Å². The van der Waals surface area contributed by atoms with Crippen LogP contribution in [0, 0.1) is 0 Å². The molecule has 0 bridgehead atoms. The van der Waals surface area contributed by atoms with Gasteiger partial charge in [-0.05, 0) is 164 Å². The van der Waals surface area contributed by atoms with Crippen LogP contribution in [0.5, 0.6) is 23.0 Å². The van der Waals surface area contributed by atoms with E-state index in [1.165, 1.54) is 47.6 Å². The van der Waals surface area contributed by atoms with Crippen molar-refractivity contribution in [1.82, 2.24) is 10.6 Å². The number of amides is 2. The number of carboxylic acid groups (broad SMARTS) is 2. The molecule has 0 unspecified atom stereocenters. The van der Waals surface area contributed by atoms with Gasteiger partial charge in [0.25, 0.3) is 0 Å². The zero-order valence-corrected chi connectivity index (χ0v) is 68.0. The highest BCUT2D eigenvalue weighted by molar-refractivity contribution is 9.12. The van der Waals surface area contributed by atoms with Crippen molar-refractivity contribution in [3.05, 3.63) is 118 Å². The summed E-state index contributed by atoms with van der Waals surface area (Å²) < 4.78 is 35.6. The Morgan fingerprint density at radius 3 is 1.00 bits per heavy atom. The van der Waals surface area contributed by atoms with Crippen LogP contribution in [-0.4, -0.2) is 140 Å². The SMILES string of the molecule is CC(=O)NCC(=O)O.CC(=O)NCC(=O)O.CC(=O)OC(C)=O.CC(=O)OC(C)=O.CC1=N/C(=C\c2cc(Br)cc(Br)c2O)C(=O)O1.CC1=N/C(=C\c2cc(Br)cc(Br)c2O[Si](C)(C)C)C(=O)O1.C[Si](C)(C)Oc1c(Br)cc(Br)cc1C=O.O.O=Cc1cc(Br)cc(Br)c1O.[F-]. The molecule has 2 aliphatic rings. The van der Waals surface area contributed by atoms with Crippen LogP contribution in [0.1, 0.15) is 87.2 Å². The van der Waals surface area contributed by atoms with Crippen LogP contribution in [0.2, 0.25) is 39.3 Å². The number of esters is 6. The summed E-state index contributed by atoms with van der Waals surface area (Å²) in [5.74, 6) is -3.87. The zero-order chi connectivity index (χ0) is 73.3. The molecular formula is C58H66Br8FN4O23Si2-. The lowest BCUT2D eigenvalue weighted by atomic mass is 10.1. The number of carboxylic acids is 2. The normalized spacial score (nSPS) is 12.1. The summed E-state index contributed by atoms with van der Waals surface area (Å²) >= 11 is 26.5. The van der Waals surface area contributed by atoms with Gasteiger partial charge in [0.05, 0.1) is 29.0 Å². The van der Waals surface area contributed by atoms with Crippen LogP contribution >= 0.6 is 127 Å². The summed E-state index contributed by atoms with van der Waals surface area (Å²) in [6, 6.07) is 14.1. The molecule has 38 heteroatoms. The van der Waals surface area contributed by atoms with Gasteiger partial charge in [-0.1, -0.05) is 63.7 Å². The number of nitrogens with one attached hydrogen (secondary N) is 2. The van der Waals surface area contributed by atoms with E-state index in [9.17, 15) is 67.7 Å². The number of hydrogen-bond acceptors (Lipinski definition) is 22. The number of aliphatic imine (C=N–C) groups is 2. The van der Waals surface area contributed by atoms with Crippen molar-refractivity contribution in [3.63, 3.8) is 0 Å². The summed E-state index contributed by atoms with van der Waals surface area (Å²) in [6.45, 7) is 22.5. The quantitative estimate of drug-likeness (QED) is 0.0192. The van der Waals surface area contributed by atoms with Crippen LogP contribution in [0.15, 0.2) is 106 Å². The van der Waals surface area contributed by atoms with Gasteiger partial charge < -0.3 is 69.0 Å². The molecule has 0 spiro atoms. The number of cyclic esters (lactones) is 2. The Hall–Kier alpha value is -6.50. The molecule has 0 fully saturated rings. The fraction of sp³-hybridized carbons (Fsp3) is 0.276. The summed E-state index contributed by atoms with van der Waals surface area (Å²) in [6.07, 6.45) is 4.57. The average Bonchev–Trinajstić information content (AvgIpc) is 1.26. The van der Waals surface area contributed by atoms with Crippen LogP contribution in [0.25, 0.3) is 12.2 Å². The number of carbonyl (C=O) groups is 12. The maximum absolute atomic E-state index is 11.7. The van der Waals surface area contributed by atoms with E-state index in [2.05, 4.69) is 197 Å². The van der Waals surface area contributed by atoms with Gasteiger partial charge in [-0.2, -0.15) is 0 Å². The van der Waals surface area contributed by atoms with Crippen molar-refractivity contribution >= 4 is 240 Å². The first kappa shape index (κ1) is 95.9. The molecule has 0 saturated heterocycles. The minimum absolute atomic E-state index is 0. The number of hydrogen-bond donors (Lipinski definition) is 6. The second-order valence-electron chi connectivity index (χ2n) is 19.8. The number of phenols is 2. The van der Waals surface area contributed by atoms with Crippen LogP contribution in [-0.2, 0) is 66.9 Å². The molecule has 0 atom stereocenters. The molecule has 4 aromatic carbocycles. The molecule has 528 valence electrons. The van der Waals surface area contributed by atoms with Gasteiger partial charge in [0.1, 0.15) is 36.1 Å². The predicted octanol–water partition coefficient (Wildman–Crippen LogP) is 9.73. The topological polar surface area (TPSA) is 421 Å². The lowest BCUT2D eigenvalue weighted by Crippen LogP contribution is -3.00. The summed E-state index contributed by atoms with van der Waals surface area (Å²) in [5, 5.41) is 39.2. The smallest absolute Gasteiger partial charge is 0.363 e. The Morgan fingerprint density at radius 1 is 0.479 bits per heavy atom. The highest BCUT2D eigenvalue weighted by Gasteiger charge is 2.25. The monoisotopic (exact) mass is 1890 g/mol. The molecule has 0 saturated carbocycles. The van der Waals surface area contributed by atoms with E-state index in [-0.39, 0.29) is 63.5 Å². The Labute approximate surface area is 620 Å². The zero-order valence-electron chi connectivity index (χ0n) is 53.3. The Bertz CT molecular complexity index is 3510. The molecule has 96 heavy (non-hydrogen) atoms. The van der Waals surface area contributed by atoms with Crippen LogP contribution < -0.4 is 24.2 Å². The largest absolute Gasteiger partial charge is 1.00 e. The van der Waals surface area contributed by atoms with Gasteiger partial charge in [0.15, 0.2) is 35.8 Å². The van der Waals surface area contributed by atoms with Crippen molar-refractivity contribution in [2.24, 2.45) is 9.98 Å². The first-order valence-electron chi connectivity index (χ1n) is 26.0. The lowest BCUT2D eigenvalue weighted by Gasteiger charge is -2.22. The van der Waals surface area contributed by atoms with E-state index in [0.29, 0.717) is 43.9 Å². The molecule has 6 rings (SSSR count). The highest BCUT2D eigenvalue weighted by Crippen LogP contribution is 2.38. The molecule has 2 heterocycles. The minimum Gasteiger partial charge on any atom is -1.00 e. The summed E-state index contributed by atoms with van der Waals surface area (Å²) in [7, 11) is -3.49. The first-order chi connectivity index (χ1) is 43.1. The van der Waals surface area contributed by atoms with E-state index in [4.69, 9.17) is 28.5 Å². The fourth-order valence-corrected chi connectivity index (χ4v) is 12.9. The third-order valence-corrected chi connectivity index (χ3v) is 14.7. The van der Waals surface area contributed by atoms with Crippen molar-refractivity contribution in [1.29, 1.82) is 0 Å². The number of aldehydes is 2. The number of halogens is 9. The maximum Gasteiger partial charge on any atom is 0.363 e. The van der Waals surface area contributed by atoms with Crippen LogP contribution in [0.4, 0.5) is 0 Å². The Balaban J connectivity index is -0.000000520. The van der Waals surface area contributed by atoms with Crippen molar-refractivity contribution in [3.8, 4) is 23.0 Å². The van der Waals surface area contributed by atoms with Crippen molar-refractivity contribution in [2.45, 2.75) is 94.7 Å². The van der Waals surface area contributed by atoms with Gasteiger partial charge >= 0.3 is 47.8 Å². The molecule has 2 amide bonds. The minimum atomic E-state index is -1.79. The van der Waals surface area contributed by atoms with E-state index in [1.54, 1.807) is 50.3 Å². The first-order valence-corrected chi connectivity index (χ1v) is 39.2. The average molecular weight is 1900 g/mol. The van der Waals surface area contributed by atoms with E-state index < -0.39 is 64.4 Å². The van der Waals surface area contributed by atoms with Gasteiger partial charge in [0, 0.05) is 84.4 Å². The van der Waals surface area contributed by atoms with Gasteiger partial charge in [-0.15, -0.1) is 0 Å². The Kier molecular flexibility index (Phi) is 47.4. The number of aliphatic carboxylic acids is 2. The molecular weight excluding hydrogens is 1840 g/mol. The third kappa shape index (κ3) is 44.4. The number of carbonyl (C=O) groups excluding carboxylic acids is 10. The molecule has 0 radical (unpaired) electrons. The molecule has 4 aromatic rings. The molecule has 2 aliphatic heterocycles.